The molecule has 9 nitrogen and oxygen atoms in total. The summed E-state index contributed by atoms with van der Waals surface area (Å²) in [7, 11) is 0. The van der Waals surface area contributed by atoms with Gasteiger partial charge in [0.15, 0.2) is 0 Å². The number of benzene rings is 3. The Hall–Kier alpha value is -4.27. The first-order valence-electron chi connectivity index (χ1n) is 10.1. The summed E-state index contributed by atoms with van der Waals surface area (Å²) < 4.78 is 1.91. The number of non-ortho nitro benzene ring substituents is 2. The number of nitro groups is 2. The van der Waals surface area contributed by atoms with Gasteiger partial charge in [-0.1, -0.05) is 24.3 Å². The van der Waals surface area contributed by atoms with Gasteiger partial charge >= 0.3 is 0 Å². The van der Waals surface area contributed by atoms with E-state index in [1.807, 2.05) is 46.8 Å². The third-order valence-electron chi connectivity index (χ3n) is 5.28. The first-order valence-corrected chi connectivity index (χ1v) is 10.1. The summed E-state index contributed by atoms with van der Waals surface area (Å²) in [6.07, 6.45) is 1.81. The van der Waals surface area contributed by atoms with Crippen molar-refractivity contribution in [2.75, 3.05) is 4.90 Å². The summed E-state index contributed by atoms with van der Waals surface area (Å²) in [5.74, 6) is 0. The van der Waals surface area contributed by atoms with Gasteiger partial charge in [0.05, 0.1) is 21.6 Å². The van der Waals surface area contributed by atoms with Crippen molar-refractivity contribution in [3.05, 3.63) is 104 Å². The molecule has 0 saturated carbocycles. The number of rotatable bonds is 8. The van der Waals surface area contributed by atoms with Crippen molar-refractivity contribution < 1.29 is 9.85 Å². The molecule has 0 amide bonds. The predicted molar refractivity (Wildman–Crippen MR) is 121 cm³/mol. The van der Waals surface area contributed by atoms with E-state index in [0.29, 0.717) is 13.1 Å². The molecule has 32 heavy (non-hydrogen) atoms. The van der Waals surface area contributed by atoms with Gasteiger partial charge in [0, 0.05) is 55.0 Å². The van der Waals surface area contributed by atoms with Crippen molar-refractivity contribution in [1.82, 2.24) is 9.78 Å². The van der Waals surface area contributed by atoms with Crippen LogP contribution in [0.1, 0.15) is 18.1 Å². The molecule has 0 bridgehead atoms. The summed E-state index contributed by atoms with van der Waals surface area (Å²) in [6, 6.07) is 19.0. The Balaban J connectivity index is 1.72. The van der Waals surface area contributed by atoms with Crippen LogP contribution in [-0.2, 0) is 19.6 Å². The lowest BCUT2D eigenvalue weighted by atomic mass is 10.1. The van der Waals surface area contributed by atoms with Crippen LogP contribution < -0.4 is 4.90 Å². The normalized spacial score (nSPS) is 10.9. The van der Waals surface area contributed by atoms with E-state index in [1.54, 1.807) is 30.5 Å². The van der Waals surface area contributed by atoms with Crippen LogP contribution in [0.3, 0.4) is 0 Å². The van der Waals surface area contributed by atoms with E-state index in [1.165, 1.54) is 12.1 Å². The molecule has 0 unspecified atom stereocenters. The van der Waals surface area contributed by atoms with Crippen LogP contribution in [0.2, 0.25) is 0 Å². The molecule has 0 atom stereocenters. The van der Waals surface area contributed by atoms with Gasteiger partial charge in [-0.25, -0.2) is 0 Å². The van der Waals surface area contributed by atoms with Crippen molar-refractivity contribution in [3.8, 4) is 0 Å². The van der Waals surface area contributed by atoms with Gasteiger partial charge < -0.3 is 4.90 Å². The molecule has 1 aromatic heterocycles. The molecule has 4 aromatic rings. The van der Waals surface area contributed by atoms with Gasteiger partial charge in [-0.3, -0.25) is 24.9 Å². The molecule has 0 saturated heterocycles. The molecule has 0 N–H and O–H groups in total. The zero-order valence-electron chi connectivity index (χ0n) is 17.4. The van der Waals surface area contributed by atoms with E-state index < -0.39 is 9.85 Å². The van der Waals surface area contributed by atoms with Crippen LogP contribution in [-0.4, -0.2) is 19.6 Å². The predicted octanol–water partition coefficient (Wildman–Crippen LogP) is 5.08. The topological polar surface area (TPSA) is 107 Å². The highest BCUT2D eigenvalue weighted by atomic mass is 16.6. The number of hydrogen-bond donors (Lipinski definition) is 0. The van der Waals surface area contributed by atoms with E-state index in [9.17, 15) is 20.2 Å². The number of aryl methyl sites for hydroxylation is 1. The third-order valence-corrected chi connectivity index (χ3v) is 5.28. The Labute approximate surface area is 183 Å². The van der Waals surface area contributed by atoms with Gasteiger partial charge in [-0.05, 0) is 36.2 Å². The molecule has 0 fully saturated rings. The second kappa shape index (κ2) is 8.84. The molecule has 0 radical (unpaired) electrons. The number of nitro benzene ring substituents is 2. The minimum atomic E-state index is -0.417. The van der Waals surface area contributed by atoms with Crippen LogP contribution in [0, 0.1) is 20.2 Å². The lowest BCUT2D eigenvalue weighted by molar-refractivity contribution is -0.385. The smallest absolute Gasteiger partial charge is 0.269 e. The van der Waals surface area contributed by atoms with Gasteiger partial charge in [0.25, 0.3) is 11.4 Å². The van der Waals surface area contributed by atoms with Gasteiger partial charge in [0.2, 0.25) is 0 Å². The van der Waals surface area contributed by atoms with Crippen molar-refractivity contribution in [2.24, 2.45) is 0 Å². The van der Waals surface area contributed by atoms with Crippen molar-refractivity contribution in [1.29, 1.82) is 0 Å². The molecule has 0 aliphatic carbocycles. The summed E-state index contributed by atoms with van der Waals surface area (Å²) in [4.78, 5) is 23.6. The number of aromatic nitrogens is 2. The molecule has 0 aliphatic rings. The van der Waals surface area contributed by atoms with Gasteiger partial charge in [-0.2, -0.15) is 5.10 Å². The van der Waals surface area contributed by atoms with Crippen LogP contribution in [0.4, 0.5) is 17.1 Å². The zero-order chi connectivity index (χ0) is 22.7. The molecule has 1 heterocycles. The van der Waals surface area contributed by atoms with Crippen LogP contribution in [0.25, 0.3) is 10.9 Å². The third kappa shape index (κ3) is 4.41. The number of fused-ring (bicyclic) bond motifs is 1. The highest BCUT2D eigenvalue weighted by Gasteiger charge is 2.15. The van der Waals surface area contributed by atoms with E-state index in [2.05, 4.69) is 5.10 Å². The molecule has 0 spiro atoms. The van der Waals surface area contributed by atoms with Crippen molar-refractivity contribution in [2.45, 2.75) is 26.6 Å². The maximum absolute atomic E-state index is 11.2. The fourth-order valence-electron chi connectivity index (χ4n) is 3.74. The first-order chi connectivity index (χ1) is 15.4. The van der Waals surface area contributed by atoms with Crippen molar-refractivity contribution >= 4 is 28.0 Å². The second-order valence-corrected chi connectivity index (χ2v) is 7.41. The highest BCUT2D eigenvalue weighted by Crippen LogP contribution is 2.27. The number of nitrogens with zero attached hydrogens (tertiary/aromatic N) is 5. The molecular formula is C23H21N5O4. The summed E-state index contributed by atoms with van der Waals surface area (Å²) in [6.45, 7) is 3.58. The average molecular weight is 431 g/mol. The van der Waals surface area contributed by atoms with Crippen LogP contribution in [0.15, 0.2) is 72.9 Å². The van der Waals surface area contributed by atoms with E-state index in [4.69, 9.17) is 0 Å². The Morgan fingerprint density at radius 1 is 0.875 bits per heavy atom. The van der Waals surface area contributed by atoms with Crippen LogP contribution >= 0.6 is 0 Å². The molecule has 4 rings (SSSR count). The Morgan fingerprint density at radius 3 is 2.00 bits per heavy atom. The van der Waals surface area contributed by atoms with E-state index in [-0.39, 0.29) is 11.4 Å². The highest BCUT2D eigenvalue weighted by molar-refractivity contribution is 5.82. The molecule has 0 aliphatic heterocycles. The minimum absolute atomic E-state index is 0.0254. The SMILES string of the molecule is CCn1ncc2cc(N(Cc3cccc([N+](=O)[O-])c3)Cc3cccc([N+](=O)[O-])c3)ccc21. The second-order valence-electron chi connectivity index (χ2n) is 7.41. The first kappa shape index (κ1) is 21.0. The quantitative estimate of drug-likeness (QED) is 0.284. The zero-order valence-corrected chi connectivity index (χ0v) is 17.4. The fourth-order valence-corrected chi connectivity index (χ4v) is 3.74. The van der Waals surface area contributed by atoms with Crippen LogP contribution in [0.5, 0.6) is 0 Å². The van der Waals surface area contributed by atoms with E-state index in [0.717, 1.165) is 34.3 Å². The summed E-state index contributed by atoms with van der Waals surface area (Å²) >= 11 is 0. The summed E-state index contributed by atoms with van der Waals surface area (Å²) in [5, 5.41) is 27.8. The number of hydrogen-bond acceptors (Lipinski definition) is 6. The Morgan fingerprint density at radius 2 is 1.47 bits per heavy atom. The lowest BCUT2D eigenvalue weighted by Gasteiger charge is -2.25. The van der Waals surface area contributed by atoms with Crippen molar-refractivity contribution in [3.63, 3.8) is 0 Å². The van der Waals surface area contributed by atoms with E-state index >= 15 is 0 Å². The maximum Gasteiger partial charge on any atom is 0.269 e. The molecule has 3 aromatic carbocycles. The lowest BCUT2D eigenvalue weighted by Crippen LogP contribution is -2.22. The fraction of sp³-hybridized carbons (Fsp3) is 0.174. The minimum Gasteiger partial charge on any atom is -0.363 e. The average Bonchev–Trinajstić information content (AvgIpc) is 3.21. The maximum atomic E-state index is 11.2. The largest absolute Gasteiger partial charge is 0.363 e. The standard InChI is InChI=1S/C23H21N5O4/c1-2-26-23-10-9-20(13-19(23)14-24-26)25(15-17-5-3-7-21(11-17)27(29)30)16-18-6-4-8-22(12-18)28(31)32/h3-14H,2,15-16H2,1H3. The monoisotopic (exact) mass is 431 g/mol. The number of anilines is 1. The molecule has 162 valence electrons. The molecule has 9 heteroatoms. The summed E-state index contributed by atoms with van der Waals surface area (Å²) in [5.41, 5.74) is 3.51. The Bertz CT molecular complexity index is 1240. The molecular weight excluding hydrogens is 410 g/mol. The van der Waals surface area contributed by atoms with Gasteiger partial charge in [-0.15, -0.1) is 0 Å². The van der Waals surface area contributed by atoms with Gasteiger partial charge in [0.1, 0.15) is 0 Å². The Kier molecular flexibility index (Phi) is 5.80.